The zero-order chi connectivity index (χ0) is 51.1. The summed E-state index contributed by atoms with van der Waals surface area (Å²) in [4.78, 5) is 160. The van der Waals surface area contributed by atoms with Crippen LogP contribution in [-0.4, -0.2) is 209 Å². The van der Waals surface area contributed by atoms with Gasteiger partial charge in [0.1, 0.15) is 12.1 Å². The first-order valence-corrected chi connectivity index (χ1v) is 21.9. The Labute approximate surface area is 391 Å². The van der Waals surface area contributed by atoms with Gasteiger partial charge in [0.05, 0.1) is 32.1 Å². The third-order valence-electron chi connectivity index (χ3n) is 12.2. The highest BCUT2D eigenvalue weighted by Crippen LogP contribution is 2.37. The van der Waals surface area contributed by atoms with Crippen LogP contribution in [0.25, 0.3) is 0 Å². The summed E-state index contributed by atoms with van der Waals surface area (Å²) in [6, 6.07) is -4.28. The number of unbranched alkanes of at least 4 members (excludes halogenated alkanes) is 1. The van der Waals surface area contributed by atoms with Crippen LogP contribution in [-0.2, 0) is 62.3 Å². The summed E-state index contributed by atoms with van der Waals surface area (Å²) in [7, 11) is 3.79. The lowest BCUT2D eigenvalue weighted by atomic mass is 9.85. The number of carboxylic acid groups (broad SMARTS) is 3. The highest BCUT2D eigenvalue weighted by atomic mass is 16.4. The number of carbonyl (C=O) groups excluding carboxylic acids is 10. The van der Waals surface area contributed by atoms with Crippen molar-refractivity contribution in [2.24, 2.45) is 28.3 Å². The van der Waals surface area contributed by atoms with E-state index in [-0.39, 0.29) is 68.7 Å². The van der Waals surface area contributed by atoms with Gasteiger partial charge in [0, 0.05) is 75.5 Å². The van der Waals surface area contributed by atoms with Crippen molar-refractivity contribution < 1.29 is 77.6 Å². The Kier molecular flexibility index (Phi) is 24.1. The van der Waals surface area contributed by atoms with Crippen LogP contribution >= 0.6 is 0 Å². The summed E-state index contributed by atoms with van der Waals surface area (Å²) in [5.74, 6) is -9.27. The van der Waals surface area contributed by atoms with Crippen LogP contribution in [0.1, 0.15) is 70.6 Å². The number of hydrogen-bond donors (Lipinski definition) is 9. The molecule has 0 aromatic heterocycles. The van der Waals surface area contributed by atoms with Crippen LogP contribution in [0.2, 0.25) is 0 Å². The molecule has 0 radical (unpaired) electrons. The summed E-state index contributed by atoms with van der Waals surface area (Å²) in [6.45, 7) is 0.806. The number of nitrogens with two attached hydrogens (primary N) is 2. The number of guanidine groups is 1. The van der Waals surface area contributed by atoms with Crippen molar-refractivity contribution >= 4 is 71.5 Å². The summed E-state index contributed by atoms with van der Waals surface area (Å²) >= 11 is 0. The van der Waals surface area contributed by atoms with E-state index < -0.39 is 109 Å². The average molecular weight is 966 g/mol. The van der Waals surface area contributed by atoms with Crippen LogP contribution < -0.4 is 32.7 Å². The molecule has 0 aromatic carbocycles. The van der Waals surface area contributed by atoms with Crippen LogP contribution in [0.3, 0.4) is 0 Å². The minimum absolute atomic E-state index is 0.0516. The molecule has 5 amide bonds. The van der Waals surface area contributed by atoms with E-state index in [9.17, 15) is 58.5 Å². The second-order valence-corrected chi connectivity index (χ2v) is 17.2. The van der Waals surface area contributed by atoms with Crippen LogP contribution in [0.15, 0.2) is 4.99 Å². The van der Waals surface area contributed by atoms with Gasteiger partial charge < -0.3 is 62.8 Å². The molecule has 11 N–H and O–H groups in total. The monoisotopic (exact) mass is 965 g/mol. The average Bonchev–Trinajstić information content (AvgIpc) is 3.62. The topological polar surface area (TPSA) is 408 Å². The summed E-state index contributed by atoms with van der Waals surface area (Å²) in [6.07, 6.45) is 2.23. The predicted octanol–water partition coefficient (Wildman–Crippen LogP) is -4.83. The van der Waals surface area contributed by atoms with E-state index in [0.717, 1.165) is 0 Å². The number of amides is 5. The number of aliphatic carboxylic acids is 3. The number of aliphatic imine (C=N–C) groups is 1. The Hall–Kier alpha value is -6.66. The molecule has 0 aliphatic carbocycles. The number of ketones is 1. The predicted molar refractivity (Wildman–Crippen MR) is 230 cm³/mol. The molecule has 2 bridgehead atoms. The third-order valence-corrected chi connectivity index (χ3v) is 12.2. The van der Waals surface area contributed by atoms with E-state index in [1.807, 2.05) is 23.9 Å². The maximum absolute atomic E-state index is 14.4. The Bertz CT molecular complexity index is 1880. The van der Waals surface area contributed by atoms with Crippen molar-refractivity contribution in [1.82, 2.24) is 40.9 Å². The van der Waals surface area contributed by atoms with Crippen molar-refractivity contribution in [2.45, 2.75) is 100 Å². The molecule has 4 rings (SSSR count). The smallest absolute Gasteiger partial charge is 0.373 e. The van der Waals surface area contributed by atoms with Crippen molar-refractivity contribution in [1.29, 1.82) is 0 Å². The van der Waals surface area contributed by atoms with E-state index in [4.69, 9.17) is 30.6 Å². The molecule has 4 saturated heterocycles. The molecular weight excluding hydrogens is 903 g/mol. The minimum atomic E-state index is -1.63. The molecule has 4 aliphatic rings. The summed E-state index contributed by atoms with van der Waals surface area (Å²) in [5, 5.41) is 39.2. The first-order chi connectivity index (χ1) is 32.1. The van der Waals surface area contributed by atoms with Crippen molar-refractivity contribution in [3.8, 4) is 0 Å². The van der Waals surface area contributed by atoms with Gasteiger partial charge in [-0.1, -0.05) is 6.42 Å². The molecule has 68 heavy (non-hydrogen) atoms. The number of fused-ring (bicyclic) bond motifs is 1. The van der Waals surface area contributed by atoms with E-state index >= 15 is 0 Å². The summed E-state index contributed by atoms with van der Waals surface area (Å²) < 4.78 is 0. The number of hydrogen-bond acceptors (Lipinski definition) is 17. The van der Waals surface area contributed by atoms with Crippen LogP contribution in [0.5, 0.6) is 0 Å². The molecule has 0 aromatic rings. The van der Waals surface area contributed by atoms with Gasteiger partial charge in [0.2, 0.25) is 29.5 Å². The SMILES string of the molecule is CN1CCN(C)CC(CCCCC(=O)NC[C@@H]2C[C@@H]3CC[C@H]4C(=O)C[C@@H](CCCN=C(N)N)C(=O)NCC(=O)N[C@@H](CC(=O)O)C(=O)N[C@H]2C(=O)N34)(N(CC(=O)O)CC(=O)O)C1.O=C=O.O=C=O. The first kappa shape index (κ1) is 57.5. The van der Waals surface area contributed by atoms with Gasteiger partial charge in [-0.3, -0.25) is 53.0 Å². The lowest BCUT2D eigenvalue weighted by Gasteiger charge is -2.45. The molecule has 4 heterocycles. The van der Waals surface area contributed by atoms with Gasteiger partial charge in [-0.15, -0.1) is 0 Å². The first-order valence-electron chi connectivity index (χ1n) is 21.9. The fourth-order valence-corrected chi connectivity index (χ4v) is 9.30. The second-order valence-electron chi connectivity index (χ2n) is 17.2. The lowest BCUT2D eigenvalue weighted by Crippen LogP contribution is -2.64. The number of nitrogens with one attached hydrogen (secondary N) is 4. The van der Waals surface area contributed by atoms with E-state index in [1.165, 1.54) is 9.80 Å². The van der Waals surface area contributed by atoms with Crippen LogP contribution in [0, 0.1) is 11.8 Å². The normalized spacial score (nSPS) is 24.2. The molecule has 4 aliphatic heterocycles. The molecule has 27 nitrogen and oxygen atoms in total. The number of carbonyl (C=O) groups is 9. The standard InChI is InChI=1S/C39H63N11O12.2CO2/c1-47-12-13-48(2)22-39(21-47,49(19-32(56)57)20-33(58)59)10-4-3-7-29(52)43-17-24-14-25-8-9-27-28(51)15-23(6-5-11-42-38(40)41)35(60)44-18-30(53)45-26(16-31(54)55)36(61)46-34(24)37(62)50(25)27;2*2-1-3/h23-27,34H,3-22H2,1-2H3,(H,43,52)(H,44,60)(H,45,53)(H,46,61)(H,54,55)(H,56,57)(H,58,59)(H4,40,41,42);;/t23-,24+,25+,26+,27+,34-;;/m1../s1. The van der Waals surface area contributed by atoms with Crippen molar-refractivity contribution in [3.63, 3.8) is 0 Å². The lowest BCUT2D eigenvalue weighted by molar-refractivity contribution is -0.193. The number of piperidine rings is 1. The molecule has 27 heteroatoms. The van der Waals surface area contributed by atoms with Gasteiger partial charge >= 0.3 is 30.2 Å². The van der Waals surface area contributed by atoms with Gasteiger partial charge in [-0.05, 0) is 59.0 Å². The van der Waals surface area contributed by atoms with Gasteiger partial charge in [-0.2, -0.15) is 19.2 Å². The van der Waals surface area contributed by atoms with E-state index in [0.29, 0.717) is 64.7 Å². The minimum Gasteiger partial charge on any atom is -0.481 e. The molecule has 0 unspecified atom stereocenters. The Morgan fingerprint density at radius 1 is 0.853 bits per heavy atom. The Morgan fingerprint density at radius 3 is 2.01 bits per heavy atom. The molecule has 0 spiro atoms. The molecule has 6 atom stereocenters. The van der Waals surface area contributed by atoms with Crippen molar-refractivity contribution in [3.05, 3.63) is 0 Å². The van der Waals surface area contributed by atoms with E-state index in [2.05, 4.69) is 26.3 Å². The maximum Gasteiger partial charge on any atom is 0.373 e. The number of rotatable bonds is 18. The maximum atomic E-state index is 14.4. The Morgan fingerprint density at radius 2 is 1.46 bits per heavy atom. The molecule has 4 fully saturated rings. The van der Waals surface area contributed by atoms with Gasteiger partial charge in [0.25, 0.3) is 0 Å². The van der Waals surface area contributed by atoms with Crippen LogP contribution in [0.4, 0.5) is 0 Å². The highest BCUT2D eigenvalue weighted by Gasteiger charge is 2.51. The second kappa shape index (κ2) is 28.5. The zero-order valence-corrected chi connectivity index (χ0v) is 38.1. The van der Waals surface area contributed by atoms with Gasteiger partial charge in [-0.25, -0.2) is 0 Å². The molecule has 0 saturated carbocycles. The quantitative estimate of drug-likeness (QED) is 0.0353. The number of nitrogens with zero attached hydrogens (tertiary/aromatic N) is 5. The fraction of sp³-hybridized carbons (Fsp3) is 0.707. The van der Waals surface area contributed by atoms with E-state index in [1.54, 1.807) is 0 Å². The van der Waals surface area contributed by atoms with Crippen molar-refractivity contribution in [2.75, 3.05) is 73.0 Å². The number of carboxylic acids is 3. The molecule has 378 valence electrons. The largest absolute Gasteiger partial charge is 0.481 e. The number of Topliss-reactive ketones (excluding diaryl/α,β-unsaturated/α-hetero) is 1. The molecular formula is C41H63N11O16. The highest BCUT2D eigenvalue weighted by molar-refractivity contribution is 5.99. The summed E-state index contributed by atoms with van der Waals surface area (Å²) in [5.41, 5.74) is 10.0. The number of likely N-dealkylation sites (N-methyl/N-ethyl adjacent to an activating group) is 2. The fourth-order valence-electron chi connectivity index (χ4n) is 9.30. The van der Waals surface area contributed by atoms with Gasteiger partial charge in [0.15, 0.2) is 11.7 Å². The zero-order valence-electron chi connectivity index (χ0n) is 38.1. The third kappa shape index (κ3) is 18.6. The Balaban J connectivity index is 0.00000251.